The quantitative estimate of drug-likeness (QED) is 0.810. The van der Waals surface area contributed by atoms with Gasteiger partial charge < -0.3 is 4.90 Å². The molecule has 1 fully saturated rings. The summed E-state index contributed by atoms with van der Waals surface area (Å²) in [4.78, 5) is 18.2. The molecule has 1 aliphatic rings. The molecule has 1 N–H and O–H groups in total. The van der Waals surface area contributed by atoms with E-state index in [-0.39, 0.29) is 5.91 Å². The average Bonchev–Trinajstić information content (AvgIpc) is 2.68. The maximum absolute atomic E-state index is 11.8. The molecular formula is C10H16N4OS. The molecule has 6 heteroatoms. The number of likely N-dealkylation sites (N-methyl/N-ethyl adjacent to an activating group) is 1. The van der Waals surface area contributed by atoms with Crippen LogP contribution in [0.1, 0.15) is 15.5 Å². The van der Waals surface area contributed by atoms with Crippen molar-refractivity contribution in [2.45, 2.75) is 6.92 Å². The first kappa shape index (κ1) is 11.5. The smallest absolute Gasteiger partial charge is 0.285 e. The summed E-state index contributed by atoms with van der Waals surface area (Å²) in [7, 11) is 2.09. The van der Waals surface area contributed by atoms with E-state index in [1.54, 1.807) is 5.38 Å². The van der Waals surface area contributed by atoms with Crippen molar-refractivity contribution in [1.29, 1.82) is 0 Å². The van der Waals surface area contributed by atoms with Gasteiger partial charge in [-0.1, -0.05) is 0 Å². The fourth-order valence-corrected chi connectivity index (χ4v) is 2.18. The Morgan fingerprint density at radius 2 is 2.12 bits per heavy atom. The minimum atomic E-state index is -0.103. The Balaban J connectivity index is 1.88. The number of aryl methyl sites for hydroxylation is 1. The third-order valence-corrected chi connectivity index (χ3v) is 3.39. The monoisotopic (exact) mass is 240 g/mol. The number of nitrogens with one attached hydrogen (secondary N) is 1. The normalized spacial score (nSPS) is 18.6. The Morgan fingerprint density at radius 3 is 2.69 bits per heavy atom. The first-order chi connectivity index (χ1) is 7.65. The predicted molar refractivity (Wildman–Crippen MR) is 63.4 cm³/mol. The van der Waals surface area contributed by atoms with Crippen LogP contribution in [0.15, 0.2) is 5.38 Å². The van der Waals surface area contributed by atoms with Gasteiger partial charge >= 0.3 is 0 Å². The average molecular weight is 240 g/mol. The molecule has 2 rings (SSSR count). The second kappa shape index (κ2) is 4.90. The van der Waals surface area contributed by atoms with Gasteiger partial charge in [-0.3, -0.25) is 10.2 Å². The molecule has 0 bridgehead atoms. The van der Waals surface area contributed by atoms with Crippen LogP contribution >= 0.6 is 11.3 Å². The molecular weight excluding hydrogens is 224 g/mol. The van der Waals surface area contributed by atoms with Gasteiger partial charge in [-0.05, 0) is 14.0 Å². The molecule has 0 spiro atoms. The highest BCUT2D eigenvalue weighted by molar-refractivity contribution is 7.09. The molecule has 1 saturated heterocycles. The number of rotatable bonds is 2. The Labute approximate surface area is 99.0 Å². The molecule has 1 amide bonds. The van der Waals surface area contributed by atoms with Crippen molar-refractivity contribution >= 4 is 17.2 Å². The van der Waals surface area contributed by atoms with Crippen LogP contribution in [0.3, 0.4) is 0 Å². The number of hydrogen-bond acceptors (Lipinski definition) is 5. The second-order valence-corrected chi connectivity index (χ2v) is 5.05. The van der Waals surface area contributed by atoms with Gasteiger partial charge in [0.05, 0.1) is 5.01 Å². The minimum Gasteiger partial charge on any atom is -0.304 e. The van der Waals surface area contributed by atoms with Gasteiger partial charge in [-0.25, -0.2) is 9.99 Å². The lowest BCUT2D eigenvalue weighted by Gasteiger charge is -2.32. The summed E-state index contributed by atoms with van der Waals surface area (Å²) in [5, 5.41) is 4.67. The third kappa shape index (κ3) is 2.78. The minimum absolute atomic E-state index is 0.103. The molecule has 0 atom stereocenters. The van der Waals surface area contributed by atoms with E-state index in [9.17, 15) is 4.79 Å². The van der Waals surface area contributed by atoms with Crippen LogP contribution in [0.4, 0.5) is 0 Å². The Hall–Kier alpha value is -0.980. The summed E-state index contributed by atoms with van der Waals surface area (Å²) in [6, 6.07) is 0. The van der Waals surface area contributed by atoms with Crippen molar-refractivity contribution in [1.82, 2.24) is 20.3 Å². The zero-order chi connectivity index (χ0) is 11.5. The maximum Gasteiger partial charge on any atom is 0.285 e. The lowest BCUT2D eigenvalue weighted by molar-refractivity contribution is 0.0658. The summed E-state index contributed by atoms with van der Waals surface area (Å²) < 4.78 is 0. The molecule has 0 aliphatic carbocycles. The van der Waals surface area contributed by atoms with Crippen LogP contribution in [0.25, 0.3) is 0 Å². The Bertz CT molecular complexity index is 371. The van der Waals surface area contributed by atoms with Crippen molar-refractivity contribution in [3.05, 3.63) is 16.1 Å². The van der Waals surface area contributed by atoms with E-state index in [1.165, 1.54) is 11.3 Å². The molecule has 0 saturated carbocycles. The largest absolute Gasteiger partial charge is 0.304 e. The number of nitrogens with zero attached hydrogens (tertiary/aromatic N) is 3. The maximum atomic E-state index is 11.8. The van der Waals surface area contributed by atoms with Crippen molar-refractivity contribution in [2.24, 2.45) is 0 Å². The molecule has 0 aromatic carbocycles. The molecule has 2 heterocycles. The number of hydrazine groups is 1. The van der Waals surface area contributed by atoms with Gasteiger partial charge in [0.1, 0.15) is 5.69 Å². The number of hydrogen-bond donors (Lipinski definition) is 1. The lowest BCUT2D eigenvalue weighted by atomic mass is 10.4. The molecule has 5 nitrogen and oxygen atoms in total. The van der Waals surface area contributed by atoms with Crippen LogP contribution in [0.5, 0.6) is 0 Å². The van der Waals surface area contributed by atoms with Crippen LogP contribution in [0.2, 0.25) is 0 Å². The Morgan fingerprint density at radius 1 is 1.44 bits per heavy atom. The SMILES string of the molecule is Cc1nc(C(=O)NN2CCN(C)CC2)cs1. The first-order valence-corrected chi connectivity index (χ1v) is 6.20. The number of aromatic nitrogens is 1. The van der Waals surface area contributed by atoms with Crippen LogP contribution < -0.4 is 5.43 Å². The van der Waals surface area contributed by atoms with Gasteiger partial charge in [0.25, 0.3) is 5.91 Å². The number of carbonyl (C=O) groups is 1. The highest BCUT2D eigenvalue weighted by Crippen LogP contribution is 2.08. The lowest BCUT2D eigenvalue weighted by Crippen LogP contribution is -2.52. The van der Waals surface area contributed by atoms with E-state index in [2.05, 4.69) is 22.4 Å². The number of thiazole rings is 1. The number of carbonyl (C=O) groups excluding carboxylic acids is 1. The van der Waals surface area contributed by atoms with E-state index in [1.807, 2.05) is 11.9 Å². The molecule has 0 unspecified atom stereocenters. The van der Waals surface area contributed by atoms with Crippen molar-refractivity contribution in [2.75, 3.05) is 33.2 Å². The number of amides is 1. The third-order valence-electron chi connectivity index (χ3n) is 2.61. The standard InChI is InChI=1S/C10H16N4OS/c1-8-11-9(7-16-8)10(15)12-14-5-3-13(2)4-6-14/h7H,3-6H2,1-2H3,(H,12,15). The summed E-state index contributed by atoms with van der Waals surface area (Å²) in [6.07, 6.45) is 0. The fourth-order valence-electron chi connectivity index (χ4n) is 1.59. The number of piperazine rings is 1. The molecule has 16 heavy (non-hydrogen) atoms. The second-order valence-electron chi connectivity index (χ2n) is 3.98. The van der Waals surface area contributed by atoms with E-state index < -0.39 is 0 Å². The highest BCUT2D eigenvalue weighted by atomic mass is 32.1. The molecule has 1 aromatic rings. The first-order valence-electron chi connectivity index (χ1n) is 5.32. The van der Waals surface area contributed by atoms with Crippen LogP contribution in [0, 0.1) is 6.92 Å². The van der Waals surface area contributed by atoms with Gasteiger partial charge in [0.2, 0.25) is 0 Å². The van der Waals surface area contributed by atoms with Crippen molar-refractivity contribution in [3.63, 3.8) is 0 Å². The summed E-state index contributed by atoms with van der Waals surface area (Å²) in [6.45, 7) is 5.60. The fraction of sp³-hybridized carbons (Fsp3) is 0.600. The van der Waals surface area contributed by atoms with Gasteiger partial charge in [-0.2, -0.15) is 0 Å². The molecule has 1 aliphatic heterocycles. The molecule has 1 aromatic heterocycles. The van der Waals surface area contributed by atoms with E-state index in [0.717, 1.165) is 31.2 Å². The van der Waals surface area contributed by atoms with Gasteiger partial charge in [-0.15, -0.1) is 11.3 Å². The molecule has 0 radical (unpaired) electrons. The van der Waals surface area contributed by atoms with E-state index in [0.29, 0.717) is 5.69 Å². The predicted octanol–water partition coefficient (Wildman–Crippen LogP) is 0.344. The zero-order valence-corrected chi connectivity index (χ0v) is 10.4. The summed E-state index contributed by atoms with van der Waals surface area (Å²) >= 11 is 1.50. The Kier molecular flexibility index (Phi) is 3.52. The van der Waals surface area contributed by atoms with E-state index >= 15 is 0 Å². The van der Waals surface area contributed by atoms with Crippen LogP contribution in [-0.4, -0.2) is 54.0 Å². The molecule has 88 valence electrons. The van der Waals surface area contributed by atoms with Gasteiger partial charge in [0.15, 0.2) is 0 Å². The van der Waals surface area contributed by atoms with E-state index in [4.69, 9.17) is 0 Å². The topological polar surface area (TPSA) is 48.5 Å². The van der Waals surface area contributed by atoms with Gasteiger partial charge in [0, 0.05) is 31.6 Å². The summed E-state index contributed by atoms with van der Waals surface area (Å²) in [5.74, 6) is -0.103. The van der Waals surface area contributed by atoms with Crippen molar-refractivity contribution < 1.29 is 4.79 Å². The van der Waals surface area contributed by atoms with Crippen molar-refractivity contribution in [3.8, 4) is 0 Å². The van der Waals surface area contributed by atoms with Crippen LogP contribution in [-0.2, 0) is 0 Å². The summed E-state index contributed by atoms with van der Waals surface area (Å²) in [5.41, 5.74) is 3.40. The highest BCUT2D eigenvalue weighted by Gasteiger charge is 2.17. The zero-order valence-electron chi connectivity index (χ0n) is 9.56.